The number of aromatic nitrogens is 2. The lowest BCUT2D eigenvalue weighted by Gasteiger charge is -2.15. The molecule has 0 spiro atoms. The highest BCUT2D eigenvalue weighted by molar-refractivity contribution is 7.86. The molecule has 0 radical (unpaired) electrons. The second-order valence-electron chi connectivity index (χ2n) is 6.58. The van der Waals surface area contributed by atoms with Crippen molar-refractivity contribution in [2.45, 2.75) is 4.90 Å². The van der Waals surface area contributed by atoms with Gasteiger partial charge in [0.15, 0.2) is 5.69 Å². The van der Waals surface area contributed by atoms with Gasteiger partial charge in [0.2, 0.25) is 0 Å². The first-order valence-corrected chi connectivity index (χ1v) is 10.9. The molecule has 0 fully saturated rings. The van der Waals surface area contributed by atoms with Gasteiger partial charge in [-0.05, 0) is 17.7 Å². The predicted octanol–water partition coefficient (Wildman–Crippen LogP) is 4.40. The smallest absolute Gasteiger partial charge is 0.355 e. The van der Waals surface area contributed by atoms with E-state index in [-0.39, 0.29) is 37.4 Å². The molecule has 2 aromatic heterocycles. The van der Waals surface area contributed by atoms with Crippen molar-refractivity contribution in [3.05, 3.63) is 63.9 Å². The van der Waals surface area contributed by atoms with Crippen LogP contribution in [-0.2, 0) is 10.1 Å². The summed E-state index contributed by atoms with van der Waals surface area (Å²) in [5.74, 6) is -2.90. The zero-order valence-corrected chi connectivity index (χ0v) is 17.9. The van der Waals surface area contributed by atoms with Crippen molar-refractivity contribution in [3.63, 3.8) is 0 Å². The molecule has 32 heavy (non-hydrogen) atoms. The molecule has 12 heteroatoms. The van der Waals surface area contributed by atoms with Crippen molar-refractivity contribution in [2.24, 2.45) is 0 Å². The van der Waals surface area contributed by atoms with E-state index in [9.17, 15) is 32.8 Å². The number of carboxylic acid groups (broad SMARTS) is 2. The van der Waals surface area contributed by atoms with E-state index >= 15 is 0 Å². The fraction of sp³-hybridized carbons (Fsp3) is 0. The molecule has 162 valence electrons. The van der Waals surface area contributed by atoms with E-state index in [1.807, 2.05) is 0 Å². The molecule has 0 bridgehead atoms. The van der Waals surface area contributed by atoms with Crippen molar-refractivity contribution in [3.8, 4) is 11.1 Å². The zero-order chi connectivity index (χ0) is 23.4. The number of fused-ring (bicyclic) bond motifs is 3. The van der Waals surface area contributed by atoms with E-state index in [1.54, 1.807) is 30.3 Å². The number of nitrogens with zero attached hydrogens (tertiary/aromatic N) is 2. The molecule has 0 saturated carbocycles. The summed E-state index contributed by atoms with van der Waals surface area (Å²) >= 11 is 12.7. The summed E-state index contributed by atoms with van der Waals surface area (Å²) in [5, 5.41) is 18.2. The highest BCUT2D eigenvalue weighted by Crippen LogP contribution is 2.42. The summed E-state index contributed by atoms with van der Waals surface area (Å²) < 4.78 is 34.2. The average Bonchev–Trinajstić information content (AvgIpc) is 2.72. The van der Waals surface area contributed by atoms with Gasteiger partial charge in [-0.1, -0.05) is 53.5 Å². The normalized spacial score (nSPS) is 11.7. The van der Waals surface area contributed by atoms with Crippen molar-refractivity contribution < 1.29 is 32.8 Å². The Bertz CT molecular complexity index is 1570. The number of rotatable bonds is 4. The van der Waals surface area contributed by atoms with Gasteiger partial charge in [-0.25, -0.2) is 19.6 Å². The van der Waals surface area contributed by atoms with Gasteiger partial charge in [0.1, 0.15) is 16.1 Å². The van der Waals surface area contributed by atoms with Crippen LogP contribution in [0.4, 0.5) is 0 Å². The summed E-state index contributed by atoms with van der Waals surface area (Å²) in [7, 11) is -4.89. The van der Waals surface area contributed by atoms with Crippen molar-refractivity contribution in [1.82, 2.24) is 9.97 Å². The largest absolute Gasteiger partial charge is 0.477 e. The SMILES string of the molecule is O=C(O)c1cc(Cl)c2cc(S(=O)(=O)O)c3c(Cl)c(-c4ccccc4)c(C(=O)O)nc3c2n1. The number of pyridine rings is 2. The van der Waals surface area contributed by atoms with Crippen molar-refractivity contribution in [2.75, 3.05) is 0 Å². The van der Waals surface area contributed by atoms with Crippen LogP contribution >= 0.6 is 23.2 Å². The number of carboxylic acids is 2. The van der Waals surface area contributed by atoms with Crippen molar-refractivity contribution in [1.29, 1.82) is 0 Å². The van der Waals surface area contributed by atoms with Gasteiger partial charge in [-0.2, -0.15) is 8.42 Å². The molecule has 3 N–H and O–H groups in total. The lowest BCUT2D eigenvalue weighted by Crippen LogP contribution is -2.09. The standard InChI is InChI=1S/C20H10Cl2N2O7S/c21-10-7-11(19(25)26)23-16-9(10)6-12(32(29,30)31)14-15(22)13(8-4-2-1-3-5-8)18(20(27)28)24-17(14)16/h1-7H,(H,25,26)(H,27,28)(H,29,30,31). The minimum Gasteiger partial charge on any atom is -0.477 e. The molecular weight excluding hydrogens is 483 g/mol. The number of halogens is 2. The Kier molecular flexibility index (Phi) is 5.25. The molecule has 0 aliphatic rings. The molecule has 0 aliphatic heterocycles. The van der Waals surface area contributed by atoms with Gasteiger partial charge in [0.25, 0.3) is 10.1 Å². The molecule has 0 unspecified atom stereocenters. The first-order chi connectivity index (χ1) is 15.0. The van der Waals surface area contributed by atoms with E-state index in [0.29, 0.717) is 5.56 Å². The van der Waals surface area contributed by atoms with Gasteiger partial charge in [-0.15, -0.1) is 0 Å². The Morgan fingerprint density at radius 1 is 0.906 bits per heavy atom. The molecule has 2 aromatic carbocycles. The maximum Gasteiger partial charge on any atom is 0.355 e. The molecule has 0 saturated heterocycles. The van der Waals surface area contributed by atoms with Crippen LogP contribution in [0.15, 0.2) is 47.4 Å². The third-order valence-electron chi connectivity index (χ3n) is 4.65. The van der Waals surface area contributed by atoms with Crippen LogP contribution in [-0.4, -0.2) is 45.1 Å². The number of aromatic carboxylic acids is 2. The van der Waals surface area contributed by atoms with Crippen LogP contribution in [0.1, 0.15) is 21.0 Å². The minimum absolute atomic E-state index is 0.0656. The van der Waals surface area contributed by atoms with E-state index in [4.69, 9.17) is 23.2 Å². The number of hydrogen-bond donors (Lipinski definition) is 3. The van der Waals surface area contributed by atoms with Gasteiger partial charge in [0.05, 0.1) is 15.6 Å². The van der Waals surface area contributed by atoms with Gasteiger partial charge in [-0.3, -0.25) is 4.55 Å². The molecular formula is C20H10Cl2N2O7S. The maximum atomic E-state index is 12.2. The first-order valence-electron chi connectivity index (χ1n) is 8.66. The molecule has 2 heterocycles. The second kappa shape index (κ2) is 7.68. The topological polar surface area (TPSA) is 155 Å². The Morgan fingerprint density at radius 3 is 2.12 bits per heavy atom. The summed E-state index contributed by atoms with van der Waals surface area (Å²) in [6.07, 6.45) is 0. The molecule has 9 nitrogen and oxygen atoms in total. The van der Waals surface area contributed by atoms with Crippen LogP contribution < -0.4 is 0 Å². The number of benzene rings is 2. The Balaban J connectivity index is 2.34. The summed E-state index contributed by atoms with van der Waals surface area (Å²) in [6.45, 7) is 0. The fourth-order valence-electron chi connectivity index (χ4n) is 3.33. The third-order valence-corrected chi connectivity index (χ3v) is 6.22. The minimum atomic E-state index is -4.89. The Morgan fingerprint density at radius 2 is 1.56 bits per heavy atom. The van der Waals surface area contributed by atoms with E-state index < -0.39 is 38.3 Å². The lowest BCUT2D eigenvalue weighted by atomic mass is 10.00. The first kappa shape index (κ1) is 21.9. The van der Waals surface area contributed by atoms with E-state index in [1.165, 1.54) is 0 Å². The highest BCUT2D eigenvalue weighted by atomic mass is 35.5. The quantitative estimate of drug-likeness (QED) is 0.277. The fourth-order valence-corrected chi connectivity index (χ4v) is 4.75. The zero-order valence-electron chi connectivity index (χ0n) is 15.6. The highest BCUT2D eigenvalue weighted by Gasteiger charge is 2.28. The lowest BCUT2D eigenvalue weighted by molar-refractivity contribution is 0.0680. The molecule has 4 aromatic rings. The summed E-state index contributed by atoms with van der Waals surface area (Å²) in [6, 6.07) is 9.99. The van der Waals surface area contributed by atoms with Crippen LogP contribution in [0.2, 0.25) is 10.0 Å². The molecule has 0 aliphatic carbocycles. The van der Waals surface area contributed by atoms with Crippen LogP contribution in [0.5, 0.6) is 0 Å². The third kappa shape index (κ3) is 3.53. The van der Waals surface area contributed by atoms with E-state index in [0.717, 1.165) is 12.1 Å². The Labute approximate surface area is 189 Å². The van der Waals surface area contributed by atoms with Crippen molar-refractivity contribution >= 4 is 67.1 Å². The van der Waals surface area contributed by atoms with Crippen LogP contribution in [0.25, 0.3) is 32.9 Å². The molecule has 0 atom stereocenters. The summed E-state index contributed by atoms with van der Waals surface area (Å²) in [5.41, 5.74) is -1.30. The van der Waals surface area contributed by atoms with Gasteiger partial charge < -0.3 is 10.2 Å². The monoisotopic (exact) mass is 492 g/mol. The predicted molar refractivity (Wildman–Crippen MR) is 116 cm³/mol. The van der Waals surface area contributed by atoms with Gasteiger partial charge in [0, 0.05) is 16.3 Å². The molecule has 4 rings (SSSR count). The maximum absolute atomic E-state index is 12.2. The summed E-state index contributed by atoms with van der Waals surface area (Å²) in [4.78, 5) is 30.8. The van der Waals surface area contributed by atoms with Gasteiger partial charge >= 0.3 is 11.9 Å². The van der Waals surface area contributed by atoms with Crippen LogP contribution in [0, 0.1) is 0 Å². The van der Waals surface area contributed by atoms with E-state index in [2.05, 4.69) is 9.97 Å². The average molecular weight is 493 g/mol. The van der Waals surface area contributed by atoms with Crippen LogP contribution in [0.3, 0.4) is 0 Å². The second-order valence-corrected chi connectivity index (χ2v) is 8.76. The number of carbonyl (C=O) groups is 2. The number of hydrogen-bond acceptors (Lipinski definition) is 6. The Hall–Kier alpha value is -3.31. The molecule has 0 amide bonds.